The van der Waals surface area contributed by atoms with Crippen molar-refractivity contribution >= 4 is 35.5 Å². The number of carboxylic acid groups (broad SMARTS) is 1. The molecule has 10 heteroatoms. The summed E-state index contributed by atoms with van der Waals surface area (Å²) in [4.78, 5) is 56.3. The Morgan fingerprint density at radius 1 is 0.913 bits per heavy atom. The first-order valence-electron chi connectivity index (χ1n) is 15.6. The van der Waals surface area contributed by atoms with Gasteiger partial charge in [0.15, 0.2) is 0 Å². The fourth-order valence-corrected chi connectivity index (χ4v) is 8.85. The second kappa shape index (κ2) is 12.3. The van der Waals surface area contributed by atoms with Crippen molar-refractivity contribution in [1.82, 2.24) is 15.1 Å². The molecule has 3 aliphatic heterocycles. The zero-order valence-electron chi connectivity index (χ0n) is 26.3. The van der Waals surface area contributed by atoms with Crippen LogP contribution in [0.3, 0.4) is 0 Å². The van der Waals surface area contributed by atoms with Crippen molar-refractivity contribution < 1.29 is 29.0 Å². The molecular formula is C36H39N3O6S. The van der Waals surface area contributed by atoms with Gasteiger partial charge in [-0.2, -0.15) is 0 Å². The second-order valence-electron chi connectivity index (χ2n) is 13.4. The summed E-state index contributed by atoms with van der Waals surface area (Å²) < 4.78 is 5.58. The second-order valence-corrected chi connectivity index (χ2v) is 15.1. The number of carbonyl (C=O) groups excluding carboxylic acids is 3. The van der Waals surface area contributed by atoms with Crippen LogP contribution < -0.4 is 5.32 Å². The molecule has 240 valence electrons. The number of likely N-dealkylation sites (tertiary alicyclic amines) is 1. The number of hydrogen-bond acceptors (Lipinski definition) is 8. The topological polar surface area (TPSA) is 116 Å². The number of thioether (sulfide) groups is 1. The van der Waals surface area contributed by atoms with Gasteiger partial charge in [0.2, 0.25) is 6.23 Å². The van der Waals surface area contributed by atoms with Gasteiger partial charge in [0, 0.05) is 16.9 Å². The van der Waals surface area contributed by atoms with Gasteiger partial charge in [0.05, 0.1) is 22.4 Å². The van der Waals surface area contributed by atoms with Crippen molar-refractivity contribution in [2.45, 2.75) is 68.5 Å². The molecule has 2 N–H and O–H groups in total. The number of rotatable bonds is 8. The van der Waals surface area contributed by atoms with E-state index in [1.165, 1.54) is 5.56 Å². The van der Waals surface area contributed by atoms with E-state index >= 15 is 0 Å². The summed E-state index contributed by atoms with van der Waals surface area (Å²) in [6.07, 6.45) is -0.247. The molecule has 0 aliphatic carbocycles. The van der Waals surface area contributed by atoms with Crippen LogP contribution in [0.4, 0.5) is 0 Å². The number of carboxylic acids is 1. The lowest BCUT2D eigenvalue weighted by Crippen LogP contribution is -2.57. The van der Waals surface area contributed by atoms with E-state index < -0.39 is 51.1 Å². The van der Waals surface area contributed by atoms with Gasteiger partial charge in [-0.25, -0.2) is 4.90 Å². The Morgan fingerprint density at radius 2 is 1.46 bits per heavy atom. The molecule has 46 heavy (non-hydrogen) atoms. The molecule has 3 aliphatic rings. The van der Waals surface area contributed by atoms with Crippen LogP contribution >= 0.6 is 11.8 Å². The zero-order chi connectivity index (χ0) is 32.7. The van der Waals surface area contributed by atoms with Crippen LogP contribution in [0.15, 0.2) is 84.9 Å². The molecule has 6 rings (SSSR count). The number of nitrogens with zero attached hydrogens (tertiary/aromatic N) is 2. The SMILES string of the molecule is CC(C)(C)C1(CC(=O)O)NC(C(=O)OC(c2ccccc2)N2C(=O)c3ccccc3C2=O)C2(CCN(Cc3ccccc3)CC2)S1. The minimum Gasteiger partial charge on any atom is -0.481 e. The molecule has 3 atom stereocenters. The molecule has 2 amide bonds. The summed E-state index contributed by atoms with van der Waals surface area (Å²) in [5.41, 5.74) is 1.66. The largest absolute Gasteiger partial charge is 0.481 e. The van der Waals surface area contributed by atoms with Gasteiger partial charge in [0.1, 0.15) is 6.04 Å². The first-order chi connectivity index (χ1) is 21.9. The molecular weight excluding hydrogens is 602 g/mol. The number of imide groups is 1. The molecule has 3 aromatic carbocycles. The van der Waals surface area contributed by atoms with E-state index in [9.17, 15) is 24.3 Å². The smallest absolute Gasteiger partial charge is 0.326 e. The van der Waals surface area contributed by atoms with Crippen molar-refractivity contribution in [2.24, 2.45) is 5.41 Å². The molecule has 2 fully saturated rings. The monoisotopic (exact) mass is 641 g/mol. The van der Waals surface area contributed by atoms with Gasteiger partial charge in [-0.15, -0.1) is 11.8 Å². The molecule has 0 bridgehead atoms. The maximum absolute atomic E-state index is 14.5. The van der Waals surface area contributed by atoms with Crippen molar-refractivity contribution in [1.29, 1.82) is 0 Å². The molecule has 9 nitrogen and oxygen atoms in total. The first kappa shape index (κ1) is 32.0. The molecule has 3 heterocycles. The lowest BCUT2D eigenvalue weighted by atomic mass is 9.82. The Morgan fingerprint density at radius 3 is 2.00 bits per heavy atom. The number of esters is 1. The van der Waals surface area contributed by atoms with E-state index in [4.69, 9.17) is 4.74 Å². The van der Waals surface area contributed by atoms with E-state index in [2.05, 4.69) is 22.3 Å². The van der Waals surface area contributed by atoms with Crippen molar-refractivity contribution in [2.75, 3.05) is 13.1 Å². The first-order valence-corrected chi connectivity index (χ1v) is 16.4. The van der Waals surface area contributed by atoms with Crippen molar-refractivity contribution in [3.05, 3.63) is 107 Å². The summed E-state index contributed by atoms with van der Waals surface area (Å²) >= 11 is 1.54. The Balaban J connectivity index is 1.33. The third-order valence-electron chi connectivity index (χ3n) is 9.45. The minimum absolute atomic E-state index is 0.194. The predicted molar refractivity (Wildman–Crippen MR) is 175 cm³/mol. The number of fused-ring (bicyclic) bond motifs is 1. The third-order valence-corrected chi connectivity index (χ3v) is 11.7. The Labute approximate surface area is 273 Å². The fourth-order valence-electron chi connectivity index (χ4n) is 6.82. The quantitative estimate of drug-likeness (QED) is 0.244. The average molecular weight is 642 g/mol. The van der Waals surface area contributed by atoms with Crippen LogP contribution in [-0.2, 0) is 20.9 Å². The number of piperidine rings is 1. The number of carbonyl (C=O) groups is 4. The molecule has 0 aromatic heterocycles. The summed E-state index contributed by atoms with van der Waals surface area (Å²) in [5, 5.41) is 13.5. The predicted octanol–water partition coefficient (Wildman–Crippen LogP) is 5.48. The minimum atomic E-state index is -1.30. The lowest BCUT2D eigenvalue weighted by Gasteiger charge is -2.44. The molecule has 3 aromatic rings. The summed E-state index contributed by atoms with van der Waals surface area (Å²) in [5.74, 6) is -2.65. The van der Waals surface area contributed by atoms with Gasteiger partial charge in [0.25, 0.3) is 11.8 Å². The van der Waals surface area contributed by atoms with Crippen LogP contribution in [0.1, 0.15) is 78.1 Å². The zero-order valence-corrected chi connectivity index (χ0v) is 27.1. The highest BCUT2D eigenvalue weighted by Crippen LogP contribution is 2.58. The van der Waals surface area contributed by atoms with Gasteiger partial charge in [-0.1, -0.05) is 93.6 Å². The number of aliphatic carboxylic acids is 1. The fraction of sp³-hybridized carbons (Fsp3) is 0.389. The maximum atomic E-state index is 14.5. The van der Waals surface area contributed by atoms with Crippen molar-refractivity contribution in [3.8, 4) is 0 Å². The normalized spacial score (nSPS) is 23.4. The summed E-state index contributed by atoms with van der Waals surface area (Å²) in [6.45, 7) is 8.14. The third kappa shape index (κ3) is 5.85. The van der Waals surface area contributed by atoms with E-state index in [1.807, 2.05) is 45.0 Å². The molecule has 0 saturated carbocycles. The van der Waals surface area contributed by atoms with Crippen LogP contribution in [0.25, 0.3) is 0 Å². The maximum Gasteiger partial charge on any atom is 0.326 e. The Kier molecular flexibility index (Phi) is 8.56. The number of hydrogen-bond donors (Lipinski definition) is 2. The van der Waals surface area contributed by atoms with E-state index in [1.54, 1.807) is 60.3 Å². The lowest BCUT2D eigenvalue weighted by molar-refractivity contribution is -0.160. The van der Waals surface area contributed by atoms with E-state index in [0.717, 1.165) is 11.4 Å². The summed E-state index contributed by atoms with van der Waals surface area (Å²) in [6, 6.07) is 24.7. The molecule has 1 spiro atoms. The highest BCUT2D eigenvalue weighted by Gasteiger charge is 2.63. The average Bonchev–Trinajstić information content (AvgIpc) is 3.49. The van der Waals surface area contributed by atoms with Crippen LogP contribution in [-0.4, -0.2) is 67.4 Å². The molecule has 2 saturated heterocycles. The highest BCUT2D eigenvalue weighted by atomic mass is 32.2. The number of benzene rings is 3. The van der Waals surface area contributed by atoms with Crippen LogP contribution in [0.2, 0.25) is 0 Å². The van der Waals surface area contributed by atoms with Gasteiger partial charge in [-0.3, -0.25) is 29.4 Å². The van der Waals surface area contributed by atoms with Crippen molar-refractivity contribution in [3.63, 3.8) is 0 Å². The standard InChI is InChI=1S/C36H39N3O6S/c1-34(2,3)36(22-28(40)41)37-29(35(46-36)18-20-38(21-19-35)23-24-12-6-4-7-13-24)33(44)45-32(25-14-8-5-9-15-25)39-30(42)26-16-10-11-17-27(26)31(39)43/h4-17,29,32,37H,18-23H2,1-3H3,(H,40,41). The van der Waals surface area contributed by atoms with Gasteiger partial charge in [-0.05, 0) is 49.0 Å². The Hall–Kier alpha value is -3.99. The number of amides is 2. The molecule has 3 unspecified atom stereocenters. The van der Waals surface area contributed by atoms with Gasteiger partial charge >= 0.3 is 11.9 Å². The van der Waals surface area contributed by atoms with Crippen LogP contribution in [0, 0.1) is 5.41 Å². The highest BCUT2D eigenvalue weighted by molar-refractivity contribution is 8.02. The van der Waals surface area contributed by atoms with Gasteiger partial charge < -0.3 is 9.84 Å². The van der Waals surface area contributed by atoms with Crippen LogP contribution in [0.5, 0.6) is 0 Å². The Bertz CT molecular complexity index is 1600. The number of ether oxygens (including phenoxy) is 1. The van der Waals surface area contributed by atoms with E-state index in [-0.39, 0.29) is 17.5 Å². The molecule has 0 radical (unpaired) electrons. The number of nitrogens with one attached hydrogen (secondary N) is 1. The van der Waals surface area contributed by atoms with E-state index in [0.29, 0.717) is 31.5 Å². The summed E-state index contributed by atoms with van der Waals surface area (Å²) in [7, 11) is 0.